The number of hydrogen-bond donors (Lipinski definition) is 0. The van der Waals surface area contributed by atoms with Crippen molar-refractivity contribution in [3.8, 4) is 0 Å². The van der Waals surface area contributed by atoms with Crippen LogP contribution in [0.15, 0.2) is 48.9 Å². The standard InChI is InChI=1S/C20H21ClN4O/c1-14(25-13-18(21)11-23-25)20(26)24-8-4-7-17(12-24)19-9-15-5-2-3-6-16(15)10-22-19/h2-3,5-6,9-11,13-14,17H,4,7-8,12H2,1H3. The summed E-state index contributed by atoms with van der Waals surface area (Å²) in [6, 6.07) is 10.0. The van der Waals surface area contributed by atoms with Crippen LogP contribution in [0.3, 0.4) is 0 Å². The second-order valence-electron chi connectivity index (χ2n) is 6.89. The van der Waals surface area contributed by atoms with E-state index in [-0.39, 0.29) is 17.9 Å². The van der Waals surface area contributed by atoms with Gasteiger partial charge >= 0.3 is 0 Å². The maximum Gasteiger partial charge on any atom is 0.247 e. The molecule has 134 valence electrons. The second kappa shape index (κ2) is 7.08. The Labute approximate surface area is 157 Å². The normalized spacial score (nSPS) is 18.8. The molecule has 1 aromatic carbocycles. The van der Waals surface area contributed by atoms with E-state index in [1.54, 1.807) is 17.1 Å². The smallest absolute Gasteiger partial charge is 0.247 e. The Bertz CT molecular complexity index is 938. The molecule has 0 N–H and O–H groups in total. The zero-order valence-corrected chi connectivity index (χ0v) is 15.4. The number of carbonyl (C=O) groups excluding carboxylic acids is 1. The molecule has 0 aliphatic carbocycles. The Morgan fingerprint density at radius 1 is 1.27 bits per heavy atom. The quantitative estimate of drug-likeness (QED) is 0.700. The highest BCUT2D eigenvalue weighted by Gasteiger charge is 2.29. The molecule has 1 aliphatic heterocycles. The van der Waals surface area contributed by atoms with Crippen molar-refractivity contribution in [2.45, 2.75) is 31.7 Å². The fourth-order valence-corrected chi connectivity index (χ4v) is 3.79. The van der Waals surface area contributed by atoms with Crippen molar-refractivity contribution >= 4 is 28.3 Å². The number of hydrogen-bond acceptors (Lipinski definition) is 3. The monoisotopic (exact) mass is 368 g/mol. The molecule has 3 aromatic rings. The van der Waals surface area contributed by atoms with Gasteiger partial charge in [-0.2, -0.15) is 5.10 Å². The molecular weight excluding hydrogens is 348 g/mol. The number of carbonyl (C=O) groups is 1. The van der Waals surface area contributed by atoms with Crippen LogP contribution in [0.1, 0.15) is 37.4 Å². The van der Waals surface area contributed by atoms with Gasteiger partial charge in [-0.1, -0.05) is 35.9 Å². The molecule has 0 spiro atoms. The number of likely N-dealkylation sites (tertiary alicyclic amines) is 1. The van der Waals surface area contributed by atoms with E-state index in [2.05, 4.69) is 28.3 Å². The molecule has 2 aromatic heterocycles. The van der Waals surface area contributed by atoms with Gasteiger partial charge in [-0.05, 0) is 31.2 Å². The third-order valence-corrected chi connectivity index (χ3v) is 5.32. The van der Waals surface area contributed by atoms with E-state index in [4.69, 9.17) is 11.6 Å². The van der Waals surface area contributed by atoms with Crippen molar-refractivity contribution in [3.63, 3.8) is 0 Å². The molecule has 26 heavy (non-hydrogen) atoms. The summed E-state index contributed by atoms with van der Waals surface area (Å²) < 4.78 is 1.63. The van der Waals surface area contributed by atoms with Crippen molar-refractivity contribution in [3.05, 3.63) is 59.6 Å². The fourth-order valence-electron chi connectivity index (χ4n) is 3.65. The minimum Gasteiger partial charge on any atom is -0.340 e. The molecule has 6 heteroatoms. The summed E-state index contributed by atoms with van der Waals surface area (Å²) in [5.41, 5.74) is 1.07. The first kappa shape index (κ1) is 17.0. The van der Waals surface area contributed by atoms with Gasteiger partial charge in [0.05, 0.1) is 11.2 Å². The molecule has 1 amide bonds. The Morgan fingerprint density at radius 2 is 2.08 bits per heavy atom. The summed E-state index contributed by atoms with van der Waals surface area (Å²) in [5.74, 6) is 0.348. The molecule has 4 rings (SSSR count). The minimum absolute atomic E-state index is 0.0789. The Balaban J connectivity index is 1.52. The zero-order chi connectivity index (χ0) is 18.1. The predicted octanol–water partition coefficient (Wildman–Crippen LogP) is 4.05. The number of pyridine rings is 1. The predicted molar refractivity (Wildman–Crippen MR) is 102 cm³/mol. The Kier molecular flexibility index (Phi) is 4.64. The number of aromatic nitrogens is 3. The number of amides is 1. The zero-order valence-electron chi connectivity index (χ0n) is 14.7. The average Bonchev–Trinajstić information content (AvgIpc) is 3.13. The first-order chi connectivity index (χ1) is 12.6. The molecule has 3 heterocycles. The van der Waals surface area contributed by atoms with Crippen LogP contribution in [0.2, 0.25) is 5.02 Å². The van der Waals surface area contributed by atoms with Crippen LogP contribution in [0, 0.1) is 0 Å². The highest BCUT2D eigenvalue weighted by atomic mass is 35.5. The van der Waals surface area contributed by atoms with Crippen molar-refractivity contribution in [1.29, 1.82) is 0 Å². The van der Waals surface area contributed by atoms with E-state index in [1.165, 1.54) is 5.39 Å². The molecule has 5 nitrogen and oxygen atoms in total. The van der Waals surface area contributed by atoms with E-state index >= 15 is 0 Å². The van der Waals surface area contributed by atoms with Gasteiger partial charge in [-0.15, -0.1) is 0 Å². The van der Waals surface area contributed by atoms with Gasteiger partial charge < -0.3 is 4.90 Å². The van der Waals surface area contributed by atoms with Crippen LogP contribution in [0.4, 0.5) is 0 Å². The van der Waals surface area contributed by atoms with Crippen molar-refractivity contribution in [2.24, 2.45) is 0 Å². The van der Waals surface area contributed by atoms with Gasteiger partial charge in [0.15, 0.2) is 0 Å². The van der Waals surface area contributed by atoms with Gasteiger partial charge in [0.1, 0.15) is 6.04 Å². The summed E-state index contributed by atoms with van der Waals surface area (Å²) in [7, 11) is 0. The number of piperidine rings is 1. The molecule has 0 radical (unpaired) electrons. The summed E-state index contributed by atoms with van der Waals surface area (Å²) >= 11 is 5.93. The SMILES string of the molecule is CC(C(=O)N1CCCC(c2cc3ccccc3cn2)C1)n1cc(Cl)cn1. The summed E-state index contributed by atoms with van der Waals surface area (Å²) in [4.78, 5) is 19.5. The molecule has 1 fully saturated rings. The lowest BCUT2D eigenvalue weighted by atomic mass is 9.93. The maximum atomic E-state index is 12.9. The molecule has 0 bridgehead atoms. The number of benzene rings is 1. The lowest BCUT2D eigenvalue weighted by molar-refractivity contribution is -0.135. The van der Waals surface area contributed by atoms with E-state index in [0.717, 1.165) is 30.5 Å². The number of fused-ring (bicyclic) bond motifs is 1. The van der Waals surface area contributed by atoms with Crippen molar-refractivity contribution in [1.82, 2.24) is 19.7 Å². The molecular formula is C20H21ClN4O. The highest BCUT2D eigenvalue weighted by Crippen LogP contribution is 2.28. The van der Waals surface area contributed by atoms with Gasteiger partial charge in [0.25, 0.3) is 0 Å². The first-order valence-electron chi connectivity index (χ1n) is 8.95. The van der Waals surface area contributed by atoms with Crippen molar-refractivity contribution in [2.75, 3.05) is 13.1 Å². The number of rotatable bonds is 3. The summed E-state index contributed by atoms with van der Waals surface area (Å²) in [6.07, 6.45) is 7.22. The molecule has 2 unspecified atom stereocenters. The maximum absolute atomic E-state index is 12.9. The fraction of sp³-hybridized carbons (Fsp3) is 0.350. The van der Waals surface area contributed by atoms with E-state index in [0.29, 0.717) is 11.6 Å². The van der Waals surface area contributed by atoms with Crippen LogP contribution >= 0.6 is 11.6 Å². The molecule has 0 saturated carbocycles. The van der Waals surface area contributed by atoms with Gasteiger partial charge in [0.2, 0.25) is 5.91 Å². The van der Waals surface area contributed by atoms with E-state index < -0.39 is 0 Å². The number of halogens is 1. The largest absolute Gasteiger partial charge is 0.340 e. The van der Waals surface area contributed by atoms with Gasteiger partial charge in [0, 0.05) is 42.5 Å². The summed E-state index contributed by atoms with van der Waals surface area (Å²) in [6.45, 7) is 3.34. The van der Waals surface area contributed by atoms with Gasteiger partial charge in [-0.25, -0.2) is 0 Å². The minimum atomic E-state index is -0.356. The first-order valence-corrected chi connectivity index (χ1v) is 9.33. The van der Waals surface area contributed by atoms with Crippen LogP contribution in [0.5, 0.6) is 0 Å². The van der Waals surface area contributed by atoms with E-state index in [9.17, 15) is 4.79 Å². The molecule has 1 saturated heterocycles. The van der Waals surface area contributed by atoms with Crippen LogP contribution in [-0.4, -0.2) is 38.7 Å². The van der Waals surface area contributed by atoms with Crippen LogP contribution in [0.25, 0.3) is 10.8 Å². The Hall–Kier alpha value is -2.40. The third-order valence-electron chi connectivity index (χ3n) is 5.13. The van der Waals surface area contributed by atoms with Crippen molar-refractivity contribution < 1.29 is 4.79 Å². The van der Waals surface area contributed by atoms with E-state index in [1.807, 2.05) is 30.2 Å². The van der Waals surface area contributed by atoms with Crippen LogP contribution < -0.4 is 0 Å². The Morgan fingerprint density at radius 3 is 2.85 bits per heavy atom. The summed E-state index contributed by atoms with van der Waals surface area (Å²) in [5, 5.41) is 7.05. The van der Waals surface area contributed by atoms with Crippen LogP contribution in [-0.2, 0) is 4.79 Å². The van der Waals surface area contributed by atoms with Gasteiger partial charge in [-0.3, -0.25) is 14.5 Å². The lowest BCUT2D eigenvalue weighted by Gasteiger charge is -2.34. The molecule has 1 aliphatic rings. The third kappa shape index (κ3) is 3.31. The average molecular weight is 369 g/mol. The highest BCUT2D eigenvalue weighted by molar-refractivity contribution is 6.30. The number of nitrogens with zero attached hydrogens (tertiary/aromatic N) is 4. The molecule has 2 atom stereocenters. The lowest BCUT2D eigenvalue weighted by Crippen LogP contribution is -2.42. The topological polar surface area (TPSA) is 51.0 Å². The second-order valence-corrected chi connectivity index (χ2v) is 7.33.